The van der Waals surface area contributed by atoms with E-state index in [0.29, 0.717) is 22.9 Å². The maximum Gasteiger partial charge on any atom is 0.416 e. The van der Waals surface area contributed by atoms with Gasteiger partial charge in [-0.3, -0.25) is 10.3 Å². The van der Waals surface area contributed by atoms with E-state index in [4.69, 9.17) is 5.26 Å². The summed E-state index contributed by atoms with van der Waals surface area (Å²) < 4.78 is 38.0. The van der Waals surface area contributed by atoms with Gasteiger partial charge in [0, 0.05) is 29.3 Å². The van der Waals surface area contributed by atoms with Crippen LogP contribution < -0.4 is 10.6 Å². The SMILES string of the molecule is N#CNc1ccc(-c2nccnc2Nc2ccc(C(F)(F)F)cc2)cc1. The zero-order valence-corrected chi connectivity index (χ0v) is 13.2. The summed E-state index contributed by atoms with van der Waals surface area (Å²) in [6.07, 6.45) is 0.463. The van der Waals surface area contributed by atoms with Crippen molar-refractivity contribution in [3.63, 3.8) is 0 Å². The summed E-state index contributed by atoms with van der Waals surface area (Å²) in [5, 5.41) is 14.1. The molecule has 1 heterocycles. The molecule has 3 aromatic rings. The third-order valence-electron chi connectivity index (χ3n) is 3.53. The summed E-state index contributed by atoms with van der Waals surface area (Å²) in [5.74, 6) is 0.410. The van der Waals surface area contributed by atoms with Crippen LogP contribution in [0.2, 0.25) is 0 Å². The fourth-order valence-electron chi connectivity index (χ4n) is 2.30. The summed E-state index contributed by atoms with van der Waals surface area (Å²) in [7, 11) is 0. The molecule has 130 valence electrons. The first-order valence-electron chi connectivity index (χ1n) is 7.48. The van der Waals surface area contributed by atoms with Crippen molar-refractivity contribution in [2.45, 2.75) is 6.18 Å². The second kappa shape index (κ2) is 7.11. The highest BCUT2D eigenvalue weighted by atomic mass is 19.4. The van der Waals surface area contributed by atoms with Gasteiger partial charge >= 0.3 is 6.18 Å². The van der Waals surface area contributed by atoms with E-state index in [0.717, 1.165) is 17.7 Å². The largest absolute Gasteiger partial charge is 0.416 e. The zero-order valence-electron chi connectivity index (χ0n) is 13.2. The molecule has 8 heteroatoms. The minimum atomic E-state index is -4.38. The number of alkyl halides is 3. The number of hydrogen-bond donors (Lipinski definition) is 2. The summed E-state index contributed by atoms with van der Waals surface area (Å²) in [5.41, 5.74) is 1.66. The molecule has 5 nitrogen and oxygen atoms in total. The molecule has 2 aromatic carbocycles. The molecule has 0 unspecified atom stereocenters. The van der Waals surface area contributed by atoms with E-state index < -0.39 is 11.7 Å². The standard InChI is InChI=1S/C18H12F3N5/c19-18(20,21)13-3-7-15(8-4-13)26-17-16(23-9-10-24-17)12-1-5-14(6-2-12)25-11-22/h1-10,25H,(H,24,26). The minimum Gasteiger partial charge on any atom is -0.338 e. The first-order valence-corrected chi connectivity index (χ1v) is 7.48. The topological polar surface area (TPSA) is 73.6 Å². The van der Waals surface area contributed by atoms with Gasteiger partial charge in [0.25, 0.3) is 0 Å². The number of anilines is 3. The highest BCUT2D eigenvalue weighted by molar-refractivity contribution is 5.76. The number of aromatic nitrogens is 2. The molecule has 0 aliphatic heterocycles. The van der Waals surface area contributed by atoms with Crippen molar-refractivity contribution in [3.05, 3.63) is 66.5 Å². The maximum atomic E-state index is 12.7. The number of halogens is 3. The van der Waals surface area contributed by atoms with Crippen LogP contribution >= 0.6 is 0 Å². The van der Waals surface area contributed by atoms with Gasteiger partial charge in [-0.1, -0.05) is 12.1 Å². The van der Waals surface area contributed by atoms with Crippen molar-refractivity contribution >= 4 is 17.2 Å². The smallest absolute Gasteiger partial charge is 0.338 e. The van der Waals surface area contributed by atoms with Gasteiger partial charge in [0.2, 0.25) is 0 Å². The van der Waals surface area contributed by atoms with Crippen LogP contribution in [-0.2, 0) is 6.18 Å². The normalized spacial score (nSPS) is 10.8. The van der Waals surface area contributed by atoms with Gasteiger partial charge < -0.3 is 5.32 Å². The Morgan fingerprint density at radius 2 is 1.46 bits per heavy atom. The van der Waals surface area contributed by atoms with Crippen molar-refractivity contribution in [1.29, 1.82) is 5.26 Å². The van der Waals surface area contributed by atoms with Crippen molar-refractivity contribution in [2.75, 3.05) is 10.6 Å². The number of nitrogens with one attached hydrogen (secondary N) is 2. The van der Waals surface area contributed by atoms with Crippen LogP contribution in [-0.4, -0.2) is 9.97 Å². The second-order valence-corrected chi connectivity index (χ2v) is 5.27. The lowest BCUT2D eigenvalue weighted by Crippen LogP contribution is -2.05. The number of nitriles is 1. The van der Waals surface area contributed by atoms with Crippen LogP contribution in [0.15, 0.2) is 60.9 Å². The maximum absolute atomic E-state index is 12.7. The molecule has 0 saturated carbocycles. The van der Waals surface area contributed by atoms with Crippen molar-refractivity contribution < 1.29 is 13.2 Å². The van der Waals surface area contributed by atoms with Gasteiger partial charge in [0.05, 0.1) is 5.56 Å². The van der Waals surface area contributed by atoms with E-state index in [9.17, 15) is 13.2 Å². The van der Waals surface area contributed by atoms with E-state index >= 15 is 0 Å². The molecule has 0 aliphatic carbocycles. The summed E-state index contributed by atoms with van der Waals surface area (Å²) in [6, 6.07) is 11.6. The van der Waals surface area contributed by atoms with E-state index in [1.54, 1.807) is 24.3 Å². The third kappa shape index (κ3) is 3.89. The molecule has 0 atom stereocenters. The van der Waals surface area contributed by atoms with Crippen LogP contribution in [0.4, 0.5) is 30.4 Å². The first-order chi connectivity index (χ1) is 12.5. The quantitative estimate of drug-likeness (QED) is 0.519. The summed E-state index contributed by atoms with van der Waals surface area (Å²) in [6.45, 7) is 0. The molecule has 0 aliphatic rings. The van der Waals surface area contributed by atoms with E-state index in [1.165, 1.54) is 24.5 Å². The molecule has 0 amide bonds. The third-order valence-corrected chi connectivity index (χ3v) is 3.53. The lowest BCUT2D eigenvalue weighted by Gasteiger charge is -2.12. The molecular weight excluding hydrogens is 343 g/mol. The highest BCUT2D eigenvalue weighted by Gasteiger charge is 2.29. The van der Waals surface area contributed by atoms with Crippen LogP contribution in [0.3, 0.4) is 0 Å². The molecule has 2 N–H and O–H groups in total. The van der Waals surface area contributed by atoms with Crippen LogP contribution in [0.1, 0.15) is 5.56 Å². The van der Waals surface area contributed by atoms with Crippen molar-refractivity contribution in [2.24, 2.45) is 0 Å². The monoisotopic (exact) mass is 355 g/mol. The molecule has 0 fully saturated rings. The first kappa shape index (κ1) is 17.2. The molecule has 0 saturated heterocycles. The molecule has 26 heavy (non-hydrogen) atoms. The summed E-state index contributed by atoms with van der Waals surface area (Å²) >= 11 is 0. The fraction of sp³-hybridized carbons (Fsp3) is 0.0556. The van der Waals surface area contributed by atoms with E-state index in [-0.39, 0.29) is 0 Å². The fourth-order valence-corrected chi connectivity index (χ4v) is 2.30. The Labute approximate surface area is 147 Å². The van der Waals surface area contributed by atoms with Gasteiger partial charge in [-0.05, 0) is 36.4 Å². The van der Waals surface area contributed by atoms with E-state index in [1.807, 2.05) is 6.19 Å². The Morgan fingerprint density at radius 1 is 0.846 bits per heavy atom. The van der Waals surface area contributed by atoms with Gasteiger partial charge in [0.15, 0.2) is 12.0 Å². The van der Waals surface area contributed by atoms with Crippen LogP contribution in [0, 0.1) is 11.5 Å². The molecule has 3 rings (SSSR count). The molecule has 0 spiro atoms. The highest BCUT2D eigenvalue weighted by Crippen LogP contribution is 2.31. The predicted molar refractivity (Wildman–Crippen MR) is 91.4 cm³/mol. The molecule has 1 aromatic heterocycles. The Morgan fingerprint density at radius 3 is 2.08 bits per heavy atom. The van der Waals surface area contributed by atoms with Crippen LogP contribution in [0.25, 0.3) is 11.3 Å². The zero-order chi connectivity index (χ0) is 18.6. The Hall–Kier alpha value is -3.60. The lowest BCUT2D eigenvalue weighted by atomic mass is 10.1. The molecular formula is C18H12F3N5. The Kier molecular flexibility index (Phi) is 4.71. The van der Waals surface area contributed by atoms with E-state index in [2.05, 4.69) is 20.6 Å². The van der Waals surface area contributed by atoms with Gasteiger partial charge in [-0.25, -0.2) is 4.98 Å². The van der Waals surface area contributed by atoms with Crippen molar-refractivity contribution in [3.8, 4) is 17.5 Å². The second-order valence-electron chi connectivity index (χ2n) is 5.27. The Bertz CT molecular complexity index is 929. The number of nitrogens with zero attached hydrogens (tertiary/aromatic N) is 3. The average molecular weight is 355 g/mol. The molecule has 0 radical (unpaired) electrons. The number of hydrogen-bond acceptors (Lipinski definition) is 5. The molecule has 0 bridgehead atoms. The van der Waals surface area contributed by atoms with Gasteiger partial charge in [0.1, 0.15) is 5.69 Å². The predicted octanol–water partition coefficient (Wildman–Crippen LogP) is 4.80. The van der Waals surface area contributed by atoms with Crippen LogP contribution in [0.5, 0.6) is 0 Å². The lowest BCUT2D eigenvalue weighted by molar-refractivity contribution is -0.137. The van der Waals surface area contributed by atoms with Crippen molar-refractivity contribution in [1.82, 2.24) is 9.97 Å². The Balaban J connectivity index is 1.87. The van der Waals surface area contributed by atoms with Gasteiger partial charge in [-0.15, -0.1) is 0 Å². The number of rotatable bonds is 4. The number of benzene rings is 2. The summed E-state index contributed by atoms with van der Waals surface area (Å²) in [4.78, 5) is 8.50. The van der Waals surface area contributed by atoms with Gasteiger partial charge in [-0.2, -0.15) is 18.4 Å². The average Bonchev–Trinajstić information content (AvgIpc) is 2.63. The minimum absolute atomic E-state index is 0.410.